The van der Waals surface area contributed by atoms with Gasteiger partial charge in [0, 0.05) is 18.6 Å². The zero-order valence-corrected chi connectivity index (χ0v) is 9.51. The second-order valence-electron chi connectivity index (χ2n) is 5.70. The molecular formula is C11H24N2. The Morgan fingerprint density at radius 3 is 2.38 bits per heavy atom. The lowest BCUT2D eigenvalue weighted by atomic mass is 9.84. The van der Waals surface area contributed by atoms with E-state index in [1.54, 1.807) is 0 Å². The van der Waals surface area contributed by atoms with E-state index in [2.05, 4.69) is 32.7 Å². The molecule has 0 saturated carbocycles. The van der Waals surface area contributed by atoms with Crippen LogP contribution in [0.3, 0.4) is 0 Å². The Balaban J connectivity index is 2.43. The lowest BCUT2D eigenvalue weighted by Gasteiger charge is -2.39. The summed E-state index contributed by atoms with van der Waals surface area (Å²) in [7, 11) is 2.20. The molecule has 0 aromatic heterocycles. The Hall–Kier alpha value is -0.0800. The monoisotopic (exact) mass is 184 g/mol. The maximum Gasteiger partial charge on any atom is 0.0168 e. The summed E-state index contributed by atoms with van der Waals surface area (Å²) in [6.07, 6.45) is 3.76. The third-order valence-electron chi connectivity index (χ3n) is 2.86. The zero-order valence-electron chi connectivity index (χ0n) is 9.51. The highest BCUT2D eigenvalue weighted by Crippen LogP contribution is 2.27. The van der Waals surface area contributed by atoms with Gasteiger partial charge in [0.25, 0.3) is 0 Å². The van der Waals surface area contributed by atoms with Gasteiger partial charge >= 0.3 is 0 Å². The molecule has 1 aliphatic rings. The van der Waals surface area contributed by atoms with Crippen molar-refractivity contribution < 1.29 is 0 Å². The average molecular weight is 184 g/mol. The number of hydrogen-bond donors (Lipinski definition) is 1. The first-order valence-corrected chi connectivity index (χ1v) is 5.34. The van der Waals surface area contributed by atoms with Gasteiger partial charge in [0.15, 0.2) is 0 Å². The van der Waals surface area contributed by atoms with E-state index in [0.29, 0.717) is 11.5 Å². The Bertz CT molecular complexity index is 160. The molecule has 1 rings (SSSR count). The highest BCUT2D eigenvalue weighted by Gasteiger charge is 2.27. The summed E-state index contributed by atoms with van der Waals surface area (Å²) in [5.74, 6) is 0. The largest absolute Gasteiger partial charge is 0.327 e. The van der Waals surface area contributed by atoms with E-state index < -0.39 is 0 Å². The summed E-state index contributed by atoms with van der Waals surface area (Å²) < 4.78 is 0. The van der Waals surface area contributed by atoms with Crippen molar-refractivity contribution in [2.75, 3.05) is 13.6 Å². The Morgan fingerprint density at radius 2 is 1.92 bits per heavy atom. The minimum atomic E-state index is 0.404. The predicted octanol–water partition coefficient (Wildman–Crippen LogP) is 1.84. The summed E-state index contributed by atoms with van der Waals surface area (Å²) in [4.78, 5) is 2.43. The maximum atomic E-state index is 5.91. The van der Waals surface area contributed by atoms with Crippen LogP contribution in [0, 0.1) is 5.41 Å². The molecule has 0 aromatic rings. The van der Waals surface area contributed by atoms with Gasteiger partial charge in [0.05, 0.1) is 0 Å². The molecule has 0 bridgehead atoms. The molecule has 2 atom stereocenters. The summed E-state index contributed by atoms with van der Waals surface area (Å²) in [5.41, 5.74) is 6.35. The van der Waals surface area contributed by atoms with Crippen LogP contribution in [0.25, 0.3) is 0 Å². The van der Waals surface area contributed by atoms with Crippen LogP contribution in [-0.4, -0.2) is 30.6 Å². The number of likely N-dealkylation sites (N-methyl/N-ethyl adjacent to an activating group) is 1. The van der Waals surface area contributed by atoms with Crippen molar-refractivity contribution in [2.45, 2.75) is 52.1 Å². The summed E-state index contributed by atoms with van der Waals surface area (Å²) in [5, 5.41) is 0. The van der Waals surface area contributed by atoms with E-state index >= 15 is 0 Å². The van der Waals surface area contributed by atoms with Crippen LogP contribution in [0.15, 0.2) is 0 Å². The van der Waals surface area contributed by atoms with Crippen molar-refractivity contribution in [3.8, 4) is 0 Å². The van der Waals surface area contributed by atoms with Gasteiger partial charge in [-0.25, -0.2) is 0 Å². The molecule has 1 heterocycles. The van der Waals surface area contributed by atoms with Gasteiger partial charge < -0.3 is 10.6 Å². The average Bonchev–Trinajstić information content (AvgIpc) is 1.93. The van der Waals surface area contributed by atoms with Gasteiger partial charge in [-0.1, -0.05) is 20.8 Å². The standard InChI is InChI=1S/C11H24N2/c1-11(2,3)7-10-6-5-9(12)8-13(10)4/h9-10H,5-8,12H2,1-4H3. The molecule has 1 fully saturated rings. The number of nitrogens with two attached hydrogens (primary N) is 1. The fourth-order valence-electron chi connectivity index (χ4n) is 2.20. The molecule has 0 amide bonds. The fraction of sp³-hybridized carbons (Fsp3) is 1.00. The topological polar surface area (TPSA) is 29.3 Å². The molecule has 2 unspecified atom stereocenters. The molecule has 1 saturated heterocycles. The highest BCUT2D eigenvalue weighted by molar-refractivity contribution is 4.84. The third kappa shape index (κ3) is 3.65. The van der Waals surface area contributed by atoms with E-state index in [9.17, 15) is 0 Å². The molecule has 2 N–H and O–H groups in total. The molecule has 13 heavy (non-hydrogen) atoms. The van der Waals surface area contributed by atoms with Gasteiger partial charge in [-0.15, -0.1) is 0 Å². The van der Waals surface area contributed by atoms with E-state index in [1.165, 1.54) is 19.3 Å². The molecule has 2 heteroatoms. The summed E-state index contributed by atoms with van der Waals surface area (Å²) in [6, 6.07) is 1.15. The molecule has 0 spiro atoms. The van der Waals surface area contributed by atoms with Gasteiger partial charge in [-0.05, 0) is 31.7 Å². The second-order valence-corrected chi connectivity index (χ2v) is 5.70. The Morgan fingerprint density at radius 1 is 1.31 bits per heavy atom. The van der Waals surface area contributed by atoms with Crippen LogP contribution in [0.4, 0.5) is 0 Å². The van der Waals surface area contributed by atoms with Crippen molar-refractivity contribution in [1.82, 2.24) is 4.90 Å². The van der Waals surface area contributed by atoms with Gasteiger partial charge in [0.2, 0.25) is 0 Å². The first-order valence-electron chi connectivity index (χ1n) is 5.34. The van der Waals surface area contributed by atoms with Crippen LogP contribution >= 0.6 is 0 Å². The quantitative estimate of drug-likeness (QED) is 0.674. The number of likely N-dealkylation sites (tertiary alicyclic amines) is 1. The zero-order chi connectivity index (χ0) is 10.1. The fourth-order valence-corrected chi connectivity index (χ4v) is 2.20. The minimum Gasteiger partial charge on any atom is -0.327 e. The van der Waals surface area contributed by atoms with Gasteiger partial charge in [-0.2, -0.15) is 0 Å². The van der Waals surface area contributed by atoms with Gasteiger partial charge in [-0.3, -0.25) is 0 Å². The first kappa shape index (κ1) is 11.0. The van der Waals surface area contributed by atoms with Crippen LogP contribution in [0.5, 0.6) is 0 Å². The number of nitrogens with zero attached hydrogens (tertiary/aromatic N) is 1. The van der Waals surface area contributed by atoms with Crippen LogP contribution < -0.4 is 5.73 Å². The van der Waals surface area contributed by atoms with Gasteiger partial charge in [0.1, 0.15) is 0 Å². The molecule has 0 aliphatic carbocycles. The Kier molecular flexibility index (Phi) is 3.36. The second kappa shape index (κ2) is 3.97. The Labute approximate surface area is 82.5 Å². The van der Waals surface area contributed by atoms with Crippen LogP contribution in [0.1, 0.15) is 40.0 Å². The van der Waals surface area contributed by atoms with Crippen molar-refractivity contribution in [3.05, 3.63) is 0 Å². The van der Waals surface area contributed by atoms with Crippen molar-refractivity contribution in [3.63, 3.8) is 0 Å². The predicted molar refractivity (Wildman–Crippen MR) is 57.7 cm³/mol. The number of piperidine rings is 1. The van der Waals surface area contributed by atoms with E-state index in [-0.39, 0.29) is 0 Å². The molecular weight excluding hydrogens is 160 g/mol. The number of hydrogen-bond acceptors (Lipinski definition) is 2. The smallest absolute Gasteiger partial charge is 0.0168 e. The van der Waals surface area contributed by atoms with Crippen LogP contribution in [-0.2, 0) is 0 Å². The lowest BCUT2D eigenvalue weighted by Crippen LogP contribution is -2.47. The molecule has 78 valence electrons. The van der Waals surface area contributed by atoms with Crippen molar-refractivity contribution in [1.29, 1.82) is 0 Å². The van der Waals surface area contributed by atoms with Crippen molar-refractivity contribution >= 4 is 0 Å². The molecule has 0 aromatic carbocycles. The molecule has 2 nitrogen and oxygen atoms in total. The maximum absolute atomic E-state index is 5.91. The SMILES string of the molecule is CN1CC(N)CCC1CC(C)(C)C. The highest BCUT2D eigenvalue weighted by atomic mass is 15.1. The first-order chi connectivity index (χ1) is 5.88. The molecule has 1 aliphatic heterocycles. The number of rotatable bonds is 1. The van der Waals surface area contributed by atoms with E-state index in [0.717, 1.165) is 12.6 Å². The van der Waals surface area contributed by atoms with E-state index in [4.69, 9.17) is 5.73 Å². The minimum absolute atomic E-state index is 0.404. The summed E-state index contributed by atoms with van der Waals surface area (Å²) in [6.45, 7) is 8.01. The van der Waals surface area contributed by atoms with Crippen molar-refractivity contribution in [2.24, 2.45) is 11.1 Å². The van der Waals surface area contributed by atoms with E-state index in [1.807, 2.05) is 0 Å². The van der Waals surface area contributed by atoms with Crippen LogP contribution in [0.2, 0.25) is 0 Å². The molecule has 0 radical (unpaired) electrons. The lowest BCUT2D eigenvalue weighted by molar-refractivity contribution is 0.126. The normalized spacial score (nSPS) is 32.1. The summed E-state index contributed by atoms with van der Waals surface area (Å²) >= 11 is 0. The third-order valence-corrected chi connectivity index (χ3v) is 2.86.